The molecule has 1 atom stereocenters. The Morgan fingerprint density at radius 1 is 1.40 bits per heavy atom. The molecule has 0 radical (unpaired) electrons. The molecule has 0 aliphatic carbocycles. The molecule has 1 rings (SSSR count). The van der Waals surface area contributed by atoms with Crippen molar-refractivity contribution in [1.82, 2.24) is 0 Å². The maximum absolute atomic E-state index is 5.39. The van der Waals surface area contributed by atoms with Gasteiger partial charge in [-0.1, -0.05) is 11.6 Å². The molecule has 1 saturated heterocycles. The molecule has 1 aliphatic rings. The molecule has 0 bridgehead atoms. The van der Waals surface area contributed by atoms with Crippen molar-refractivity contribution >= 4 is 0 Å². The molecule has 2 heteroatoms. The quantitative estimate of drug-likeness (QED) is 0.515. The van der Waals surface area contributed by atoms with Crippen LogP contribution in [-0.4, -0.2) is 25.9 Å². The van der Waals surface area contributed by atoms with Crippen LogP contribution in [0.5, 0.6) is 0 Å². The summed E-state index contributed by atoms with van der Waals surface area (Å²) in [4.78, 5) is 0. The molecule has 58 valence electrons. The lowest BCUT2D eigenvalue weighted by Crippen LogP contribution is -2.26. The van der Waals surface area contributed by atoms with Crippen molar-refractivity contribution in [3.63, 3.8) is 0 Å². The van der Waals surface area contributed by atoms with Crippen LogP contribution in [0.3, 0.4) is 0 Å². The van der Waals surface area contributed by atoms with Crippen molar-refractivity contribution in [3.05, 3.63) is 11.6 Å². The van der Waals surface area contributed by atoms with Crippen LogP contribution in [0.1, 0.15) is 13.8 Å². The van der Waals surface area contributed by atoms with E-state index >= 15 is 0 Å². The zero-order valence-electron chi connectivity index (χ0n) is 6.59. The summed E-state index contributed by atoms with van der Waals surface area (Å²) in [7, 11) is 0. The van der Waals surface area contributed by atoms with Crippen molar-refractivity contribution in [1.29, 1.82) is 0 Å². The minimum atomic E-state index is 0.193. The highest BCUT2D eigenvalue weighted by Crippen LogP contribution is 2.04. The van der Waals surface area contributed by atoms with E-state index in [9.17, 15) is 0 Å². The van der Waals surface area contributed by atoms with E-state index in [1.165, 1.54) is 5.57 Å². The van der Waals surface area contributed by atoms with E-state index in [4.69, 9.17) is 9.47 Å². The smallest absolute Gasteiger partial charge is 0.0992 e. The predicted octanol–water partition coefficient (Wildman–Crippen LogP) is 1.37. The van der Waals surface area contributed by atoms with Crippen LogP contribution < -0.4 is 0 Å². The lowest BCUT2D eigenvalue weighted by atomic mass is 10.2. The van der Waals surface area contributed by atoms with Crippen LogP contribution in [0, 0.1) is 0 Å². The van der Waals surface area contributed by atoms with E-state index in [0.717, 1.165) is 13.2 Å². The normalized spacial score (nSPS) is 26.0. The average Bonchev–Trinajstić information content (AvgIpc) is 1.88. The summed E-state index contributed by atoms with van der Waals surface area (Å²) < 4.78 is 10.6. The zero-order valence-corrected chi connectivity index (χ0v) is 6.59. The minimum absolute atomic E-state index is 0.193. The van der Waals surface area contributed by atoms with Crippen molar-refractivity contribution < 1.29 is 9.47 Å². The highest BCUT2D eigenvalue weighted by molar-refractivity contribution is 4.98. The van der Waals surface area contributed by atoms with E-state index in [1.807, 2.05) is 0 Å². The molecular formula is C8H14O2. The molecule has 10 heavy (non-hydrogen) atoms. The van der Waals surface area contributed by atoms with E-state index in [0.29, 0.717) is 6.61 Å². The van der Waals surface area contributed by atoms with Crippen LogP contribution in [0.4, 0.5) is 0 Å². The maximum atomic E-state index is 5.39. The fraction of sp³-hybridized carbons (Fsp3) is 0.750. The minimum Gasteiger partial charge on any atom is -0.376 e. The Morgan fingerprint density at radius 2 is 2.20 bits per heavy atom. The topological polar surface area (TPSA) is 18.5 Å². The molecule has 0 amide bonds. The summed E-state index contributed by atoms with van der Waals surface area (Å²) in [5.74, 6) is 0. The first-order chi connectivity index (χ1) is 4.79. The summed E-state index contributed by atoms with van der Waals surface area (Å²) in [5.41, 5.74) is 1.29. The third-order valence-electron chi connectivity index (χ3n) is 1.36. The molecule has 0 saturated carbocycles. The van der Waals surface area contributed by atoms with Gasteiger partial charge in [-0.3, -0.25) is 0 Å². The van der Waals surface area contributed by atoms with Gasteiger partial charge in [0.25, 0.3) is 0 Å². The predicted molar refractivity (Wildman–Crippen MR) is 40.0 cm³/mol. The van der Waals surface area contributed by atoms with E-state index in [2.05, 4.69) is 19.9 Å². The SMILES string of the molecule is CC(C)=CC1COCCO1. The van der Waals surface area contributed by atoms with Crippen molar-refractivity contribution in [3.8, 4) is 0 Å². The second kappa shape index (κ2) is 3.74. The van der Waals surface area contributed by atoms with Gasteiger partial charge in [0, 0.05) is 0 Å². The first-order valence-electron chi connectivity index (χ1n) is 3.63. The Labute approximate surface area is 61.8 Å². The average molecular weight is 142 g/mol. The number of hydrogen-bond acceptors (Lipinski definition) is 2. The van der Waals surface area contributed by atoms with E-state index in [1.54, 1.807) is 0 Å². The third kappa shape index (κ3) is 2.50. The lowest BCUT2D eigenvalue weighted by Gasteiger charge is -2.20. The van der Waals surface area contributed by atoms with Crippen LogP contribution in [0.25, 0.3) is 0 Å². The van der Waals surface area contributed by atoms with E-state index < -0.39 is 0 Å². The summed E-state index contributed by atoms with van der Waals surface area (Å²) in [6.45, 7) is 6.32. The van der Waals surface area contributed by atoms with Gasteiger partial charge in [-0.05, 0) is 13.8 Å². The first-order valence-corrected chi connectivity index (χ1v) is 3.63. The van der Waals surface area contributed by atoms with Gasteiger partial charge in [-0.15, -0.1) is 0 Å². The van der Waals surface area contributed by atoms with Crippen LogP contribution in [0.2, 0.25) is 0 Å². The second-order valence-corrected chi connectivity index (χ2v) is 2.73. The summed E-state index contributed by atoms with van der Waals surface area (Å²) in [5, 5.41) is 0. The second-order valence-electron chi connectivity index (χ2n) is 2.73. The molecule has 1 heterocycles. The Bertz CT molecular complexity index is 119. The molecule has 2 nitrogen and oxygen atoms in total. The van der Waals surface area contributed by atoms with Crippen LogP contribution in [-0.2, 0) is 9.47 Å². The van der Waals surface area contributed by atoms with Gasteiger partial charge in [0.2, 0.25) is 0 Å². The highest BCUT2D eigenvalue weighted by Gasteiger charge is 2.10. The molecule has 1 fully saturated rings. The van der Waals surface area contributed by atoms with Gasteiger partial charge in [0.05, 0.1) is 25.9 Å². The molecule has 0 aromatic heterocycles. The van der Waals surface area contributed by atoms with Gasteiger partial charge in [0.15, 0.2) is 0 Å². The molecule has 0 aromatic carbocycles. The summed E-state index contributed by atoms with van der Waals surface area (Å²) >= 11 is 0. The summed E-state index contributed by atoms with van der Waals surface area (Å²) in [6.07, 6.45) is 2.29. The standard InChI is InChI=1S/C8H14O2/c1-7(2)5-8-6-9-3-4-10-8/h5,8H,3-4,6H2,1-2H3. The largest absolute Gasteiger partial charge is 0.376 e. The van der Waals surface area contributed by atoms with Gasteiger partial charge < -0.3 is 9.47 Å². The Balaban J connectivity index is 2.33. The maximum Gasteiger partial charge on any atom is 0.0992 e. The van der Waals surface area contributed by atoms with Gasteiger partial charge in [-0.2, -0.15) is 0 Å². The van der Waals surface area contributed by atoms with Crippen LogP contribution >= 0.6 is 0 Å². The fourth-order valence-electron chi connectivity index (χ4n) is 0.974. The number of hydrogen-bond donors (Lipinski definition) is 0. The molecule has 0 spiro atoms. The Morgan fingerprint density at radius 3 is 2.70 bits per heavy atom. The highest BCUT2D eigenvalue weighted by atomic mass is 16.6. The lowest BCUT2D eigenvalue weighted by molar-refractivity contribution is -0.0678. The van der Waals surface area contributed by atoms with Crippen molar-refractivity contribution in [2.24, 2.45) is 0 Å². The number of allylic oxidation sites excluding steroid dienone is 1. The number of rotatable bonds is 1. The van der Waals surface area contributed by atoms with Gasteiger partial charge >= 0.3 is 0 Å². The third-order valence-corrected chi connectivity index (χ3v) is 1.36. The Hall–Kier alpha value is -0.340. The molecule has 1 unspecified atom stereocenters. The number of ether oxygens (including phenoxy) is 2. The van der Waals surface area contributed by atoms with Crippen molar-refractivity contribution in [2.75, 3.05) is 19.8 Å². The van der Waals surface area contributed by atoms with Gasteiger partial charge in [0.1, 0.15) is 0 Å². The van der Waals surface area contributed by atoms with Crippen molar-refractivity contribution in [2.45, 2.75) is 20.0 Å². The molecule has 0 N–H and O–H groups in total. The fourth-order valence-corrected chi connectivity index (χ4v) is 0.974. The molecule has 1 aliphatic heterocycles. The Kier molecular flexibility index (Phi) is 2.90. The van der Waals surface area contributed by atoms with E-state index in [-0.39, 0.29) is 6.10 Å². The first kappa shape index (κ1) is 7.76. The monoisotopic (exact) mass is 142 g/mol. The van der Waals surface area contributed by atoms with Crippen LogP contribution in [0.15, 0.2) is 11.6 Å². The molecule has 0 aromatic rings. The zero-order chi connectivity index (χ0) is 7.40. The summed E-state index contributed by atoms with van der Waals surface area (Å²) in [6, 6.07) is 0. The van der Waals surface area contributed by atoms with Gasteiger partial charge in [-0.25, -0.2) is 0 Å². The molecular weight excluding hydrogens is 128 g/mol.